The number of rotatable bonds is 8. The van der Waals surface area contributed by atoms with Crippen LogP contribution < -0.4 is 0 Å². The van der Waals surface area contributed by atoms with Crippen molar-refractivity contribution in [2.24, 2.45) is 0 Å². The molecular formula is C16H18O7. The molecule has 0 spiro atoms. The van der Waals surface area contributed by atoms with Crippen LogP contribution in [0.4, 0.5) is 0 Å². The molecule has 1 rings (SSSR count). The summed E-state index contributed by atoms with van der Waals surface area (Å²) >= 11 is 0. The molecule has 0 aliphatic carbocycles. The summed E-state index contributed by atoms with van der Waals surface area (Å²) < 4.78 is 10.1. The Morgan fingerprint density at radius 1 is 1.22 bits per heavy atom. The normalized spacial score (nSPS) is 11.2. The van der Waals surface area contributed by atoms with E-state index in [1.54, 1.807) is 0 Å². The van der Waals surface area contributed by atoms with Crippen LogP contribution >= 0.6 is 0 Å². The zero-order chi connectivity index (χ0) is 17.2. The average Bonchev–Trinajstić information content (AvgIpc) is 2.58. The molecule has 1 unspecified atom stereocenters. The first kappa shape index (κ1) is 18.4. The van der Waals surface area contributed by atoms with Crippen molar-refractivity contribution in [1.29, 1.82) is 0 Å². The van der Waals surface area contributed by atoms with Crippen LogP contribution in [0.3, 0.4) is 0 Å². The highest BCUT2D eigenvalue weighted by Crippen LogP contribution is 2.13. The molecule has 124 valence electrons. The van der Waals surface area contributed by atoms with Gasteiger partial charge in [-0.05, 0) is 18.6 Å². The summed E-state index contributed by atoms with van der Waals surface area (Å²) in [5.41, 5.74) is -0.188. The van der Waals surface area contributed by atoms with E-state index in [-0.39, 0.29) is 17.7 Å². The smallest absolute Gasteiger partial charge is 0.373 e. The first-order chi connectivity index (χ1) is 11.0. The van der Waals surface area contributed by atoms with E-state index in [2.05, 4.69) is 11.5 Å². The Morgan fingerprint density at radius 3 is 2.35 bits per heavy atom. The van der Waals surface area contributed by atoms with E-state index >= 15 is 0 Å². The lowest BCUT2D eigenvalue weighted by Gasteiger charge is -2.16. The van der Waals surface area contributed by atoms with E-state index in [4.69, 9.17) is 14.7 Å². The SMILES string of the molecule is C=CC(=O)OC(CCC)COC(=O)c1ccccc1C(=O)OO. The predicted octanol–water partition coefficient (Wildman–Crippen LogP) is 2.37. The van der Waals surface area contributed by atoms with Gasteiger partial charge in [-0.3, -0.25) is 4.89 Å². The van der Waals surface area contributed by atoms with Crippen molar-refractivity contribution in [2.45, 2.75) is 25.9 Å². The number of benzene rings is 1. The molecule has 0 bridgehead atoms. The van der Waals surface area contributed by atoms with Crippen molar-refractivity contribution >= 4 is 17.9 Å². The first-order valence-electron chi connectivity index (χ1n) is 6.98. The van der Waals surface area contributed by atoms with Crippen molar-refractivity contribution in [2.75, 3.05) is 6.61 Å². The Bertz CT molecular complexity index is 580. The summed E-state index contributed by atoms with van der Waals surface area (Å²) in [5, 5.41) is 8.44. The number of ether oxygens (including phenoxy) is 2. The van der Waals surface area contributed by atoms with Crippen molar-refractivity contribution in [3.8, 4) is 0 Å². The molecule has 0 saturated carbocycles. The fourth-order valence-corrected chi connectivity index (χ4v) is 1.85. The maximum absolute atomic E-state index is 12.1. The summed E-state index contributed by atoms with van der Waals surface area (Å²) in [5.74, 6) is -2.47. The molecule has 1 aromatic carbocycles. The Morgan fingerprint density at radius 2 is 1.83 bits per heavy atom. The van der Waals surface area contributed by atoms with Crippen LogP contribution in [0.1, 0.15) is 40.5 Å². The molecule has 23 heavy (non-hydrogen) atoms. The quantitative estimate of drug-likeness (QED) is 0.258. The lowest BCUT2D eigenvalue weighted by molar-refractivity contribution is -0.182. The second-order valence-corrected chi connectivity index (χ2v) is 4.57. The Hall–Kier alpha value is -2.67. The van der Waals surface area contributed by atoms with Gasteiger partial charge in [-0.1, -0.05) is 32.1 Å². The van der Waals surface area contributed by atoms with Crippen LogP contribution in [0.5, 0.6) is 0 Å². The fraction of sp³-hybridized carbons (Fsp3) is 0.312. The van der Waals surface area contributed by atoms with Gasteiger partial charge in [0, 0.05) is 6.08 Å². The molecule has 7 heteroatoms. The molecule has 0 aliphatic rings. The summed E-state index contributed by atoms with van der Waals surface area (Å²) in [6, 6.07) is 5.72. The highest BCUT2D eigenvalue weighted by Gasteiger charge is 2.21. The maximum atomic E-state index is 12.1. The molecule has 0 aliphatic heterocycles. The standard InChI is InChI=1S/C16H18O7/c1-3-7-11(22-14(17)4-2)10-21-15(18)12-8-5-6-9-13(12)16(19)23-20/h4-6,8-9,11,20H,2-3,7,10H2,1H3. The van der Waals surface area contributed by atoms with Gasteiger partial charge in [-0.15, -0.1) is 0 Å². The van der Waals surface area contributed by atoms with Crippen LogP contribution in [-0.2, 0) is 19.2 Å². The predicted molar refractivity (Wildman–Crippen MR) is 79.8 cm³/mol. The van der Waals surface area contributed by atoms with Gasteiger partial charge in [-0.2, -0.15) is 5.26 Å². The van der Waals surface area contributed by atoms with Gasteiger partial charge in [0.1, 0.15) is 12.7 Å². The molecule has 0 aromatic heterocycles. The third-order valence-electron chi connectivity index (χ3n) is 2.91. The van der Waals surface area contributed by atoms with Gasteiger partial charge in [0.05, 0.1) is 11.1 Å². The van der Waals surface area contributed by atoms with Crippen molar-refractivity contribution in [3.05, 3.63) is 48.0 Å². The minimum absolute atomic E-state index is 0.0585. The van der Waals surface area contributed by atoms with E-state index in [9.17, 15) is 14.4 Å². The second-order valence-electron chi connectivity index (χ2n) is 4.57. The highest BCUT2D eigenvalue weighted by atomic mass is 17.1. The molecule has 1 aromatic rings. The molecule has 0 saturated heterocycles. The van der Waals surface area contributed by atoms with Gasteiger partial charge in [0.15, 0.2) is 0 Å². The molecule has 1 atom stereocenters. The Balaban J connectivity index is 2.77. The van der Waals surface area contributed by atoms with E-state index in [0.717, 1.165) is 12.5 Å². The molecule has 7 nitrogen and oxygen atoms in total. The average molecular weight is 322 g/mol. The lowest BCUT2D eigenvalue weighted by atomic mass is 10.1. The van der Waals surface area contributed by atoms with Crippen LogP contribution in [0.25, 0.3) is 0 Å². The van der Waals surface area contributed by atoms with E-state index < -0.39 is 24.0 Å². The summed E-state index contributed by atoms with van der Waals surface area (Å²) in [4.78, 5) is 38.3. The zero-order valence-corrected chi connectivity index (χ0v) is 12.7. The zero-order valence-electron chi connectivity index (χ0n) is 12.7. The number of hydrogen-bond acceptors (Lipinski definition) is 7. The number of esters is 2. The molecule has 0 fully saturated rings. The highest BCUT2D eigenvalue weighted by molar-refractivity contribution is 6.02. The van der Waals surface area contributed by atoms with Crippen LogP contribution in [0.2, 0.25) is 0 Å². The molecule has 1 N–H and O–H groups in total. The largest absolute Gasteiger partial charge is 0.458 e. The van der Waals surface area contributed by atoms with Gasteiger partial charge in [0.2, 0.25) is 0 Å². The first-order valence-corrected chi connectivity index (χ1v) is 6.98. The third kappa shape index (κ3) is 5.55. The van der Waals surface area contributed by atoms with Gasteiger partial charge < -0.3 is 9.47 Å². The number of carbonyl (C=O) groups is 3. The van der Waals surface area contributed by atoms with Crippen molar-refractivity contribution < 1.29 is 34.0 Å². The van der Waals surface area contributed by atoms with Crippen molar-refractivity contribution in [3.63, 3.8) is 0 Å². The Kier molecular flexibility index (Phi) is 7.49. The molecule has 0 amide bonds. The van der Waals surface area contributed by atoms with E-state index in [1.807, 2.05) is 6.92 Å². The topological polar surface area (TPSA) is 99.1 Å². The number of carbonyl (C=O) groups excluding carboxylic acids is 3. The number of hydrogen-bond donors (Lipinski definition) is 1. The van der Waals surface area contributed by atoms with Crippen LogP contribution in [0.15, 0.2) is 36.9 Å². The summed E-state index contributed by atoms with van der Waals surface area (Å²) in [6.07, 6.45) is 1.65. The third-order valence-corrected chi connectivity index (χ3v) is 2.91. The molecular weight excluding hydrogens is 304 g/mol. The van der Waals surface area contributed by atoms with Crippen LogP contribution in [0, 0.1) is 0 Å². The minimum atomic E-state index is -1.07. The molecule has 0 radical (unpaired) electrons. The van der Waals surface area contributed by atoms with Crippen LogP contribution in [-0.4, -0.2) is 35.9 Å². The maximum Gasteiger partial charge on any atom is 0.373 e. The lowest BCUT2D eigenvalue weighted by Crippen LogP contribution is -2.25. The van der Waals surface area contributed by atoms with Gasteiger partial charge in [-0.25, -0.2) is 14.4 Å². The second kappa shape index (κ2) is 9.37. The van der Waals surface area contributed by atoms with Gasteiger partial charge in [0.25, 0.3) is 0 Å². The fourth-order valence-electron chi connectivity index (χ4n) is 1.85. The summed E-state index contributed by atoms with van der Waals surface area (Å²) in [6.45, 7) is 5.03. The van der Waals surface area contributed by atoms with E-state index in [0.29, 0.717) is 6.42 Å². The van der Waals surface area contributed by atoms with Gasteiger partial charge >= 0.3 is 17.9 Å². The summed E-state index contributed by atoms with van der Waals surface area (Å²) in [7, 11) is 0. The monoisotopic (exact) mass is 322 g/mol. The minimum Gasteiger partial charge on any atom is -0.458 e. The molecule has 0 heterocycles. The Labute approximate surface area is 133 Å². The van der Waals surface area contributed by atoms with E-state index in [1.165, 1.54) is 24.3 Å². The van der Waals surface area contributed by atoms with Crippen molar-refractivity contribution in [1.82, 2.24) is 0 Å².